The lowest BCUT2D eigenvalue weighted by molar-refractivity contribution is 0.686. The summed E-state index contributed by atoms with van der Waals surface area (Å²) in [6.07, 6.45) is 3.09. The summed E-state index contributed by atoms with van der Waals surface area (Å²) in [4.78, 5) is 16.5. The number of hydrogen-bond acceptors (Lipinski definition) is 4. The van der Waals surface area contributed by atoms with Gasteiger partial charge in [0.25, 0.3) is 5.56 Å². The van der Waals surface area contributed by atoms with Crippen LogP contribution >= 0.6 is 11.6 Å². The van der Waals surface area contributed by atoms with Gasteiger partial charge in [0.05, 0.1) is 16.9 Å². The van der Waals surface area contributed by atoms with Gasteiger partial charge in [0, 0.05) is 20.1 Å². The quantitative estimate of drug-likeness (QED) is 0.799. The van der Waals surface area contributed by atoms with E-state index in [0.29, 0.717) is 29.1 Å². The van der Waals surface area contributed by atoms with Crippen LogP contribution in [0.25, 0.3) is 11.0 Å². The minimum absolute atomic E-state index is 0.0888. The molecule has 2 heterocycles. The molecule has 6 nitrogen and oxygen atoms in total. The number of aryl methyl sites for hydroxylation is 1. The molecule has 3 rings (SSSR count). The largest absolute Gasteiger partial charge is 0.382 e. The number of fused-ring (bicyclic) bond motifs is 1. The van der Waals surface area contributed by atoms with Crippen LogP contribution in [0.5, 0.6) is 0 Å². The topological polar surface area (TPSA) is 64.7 Å². The summed E-state index contributed by atoms with van der Waals surface area (Å²) in [5.41, 5.74) is 1.35. The van der Waals surface area contributed by atoms with Crippen molar-refractivity contribution in [3.63, 3.8) is 0 Å². The van der Waals surface area contributed by atoms with Crippen molar-refractivity contribution in [1.29, 1.82) is 0 Å². The molecular weight excluding hydrogens is 290 g/mol. The Hall–Kier alpha value is -2.34. The fourth-order valence-corrected chi connectivity index (χ4v) is 2.34. The van der Waals surface area contributed by atoms with Crippen LogP contribution in [0.2, 0.25) is 5.02 Å². The average Bonchev–Trinajstić information content (AvgIpc) is 2.86. The van der Waals surface area contributed by atoms with Crippen molar-refractivity contribution in [1.82, 2.24) is 19.3 Å². The van der Waals surface area contributed by atoms with Crippen molar-refractivity contribution >= 4 is 28.3 Å². The fourth-order valence-electron chi connectivity index (χ4n) is 2.14. The van der Waals surface area contributed by atoms with Gasteiger partial charge in [-0.15, -0.1) is 0 Å². The summed E-state index contributed by atoms with van der Waals surface area (Å²) in [6, 6.07) is 7.49. The van der Waals surface area contributed by atoms with Crippen molar-refractivity contribution in [2.45, 2.75) is 6.54 Å². The molecule has 0 radical (unpaired) electrons. The molecule has 0 bridgehead atoms. The zero-order valence-electron chi connectivity index (χ0n) is 11.5. The zero-order valence-corrected chi connectivity index (χ0v) is 12.2. The Kier molecular flexibility index (Phi) is 3.62. The number of rotatable bonds is 4. The number of aromatic nitrogens is 4. The van der Waals surface area contributed by atoms with E-state index in [1.54, 1.807) is 28.8 Å². The van der Waals surface area contributed by atoms with Crippen LogP contribution in [0.15, 0.2) is 41.6 Å². The van der Waals surface area contributed by atoms with Gasteiger partial charge in [-0.05, 0) is 12.1 Å². The third-order valence-corrected chi connectivity index (χ3v) is 3.59. The number of hydrogen-bond donors (Lipinski definition) is 1. The van der Waals surface area contributed by atoms with Gasteiger partial charge in [-0.25, -0.2) is 4.98 Å². The van der Waals surface area contributed by atoms with Crippen molar-refractivity contribution in [3.05, 3.63) is 52.2 Å². The summed E-state index contributed by atoms with van der Waals surface area (Å²) >= 11 is 6.06. The highest BCUT2D eigenvalue weighted by atomic mass is 35.5. The van der Waals surface area contributed by atoms with Crippen molar-refractivity contribution in [2.24, 2.45) is 7.05 Å². The third kappa shape index (κ3) is 2.62. The molecule has 1 N–H and O–H groups in total. The van der Waals surface area contributed by atoms with E-state index in [-0.39, 0.29) is 5.56 Å². The van der Waals surface area contributed by atoms with Crippen molar-refractivity contribution in [3.8, 4) is 0 Å². The Bertz CT molecular complexity index is 839. The first-order valence-corrected chi connectivity index (χ1v) is 6.90. The first-order valence-electron chi connectivity index (χ1n) is 6.52. The highest BCUT2D eigenvalue weighted by Gasteiger charge is 2.07. The van der Waals surface area contributed by atoms with Crippen LogP contribution < -0.4 is 10.9 Å². The van der Waals surface area contributed by atoms with Crippen molar-refractivity contribution in [2.75, 3.05) is 11.9 Å². The second kappa shape index (κ2) is 5.57. The van der Waals surface area contributed by atoms with Crippen molar-refractivity contribution < 1.29 is 0 Å². The molecule has 0 aliphatic heterocycles. The van der Waals surface area contributed by atoms with E-state index in [4.69, 9.17) is 11.6 Å². The molecule has 3 aromatic rings. The number of anilines is 1. The SMILES string of the molecule is Cn1ncc2c(=O)n(CCNc3ccccc3Cl)cnc21. The second-order valence-electron chi connectivity index (χ2n) is 4.66. The van der Waals surface area contributed by atoms with Crippen LogP contribution in [-0.4, -0.2) is 25.9 Å². The van der Waals surface area contributed by atoms with E-state index in [1.807, 2.05) is 24.3 Å². The maximum atomic E-state index is 12.3. The Labute approximate surface area is 126 Å². The normalized spacial score (nSPS) is 11.0. The molecule has 21 heavy (non-hydrogen) atoms. The Balaban J connectivity index is 1.75. The van der Waals surface area contributed by atoms with E-state index in [9.17, 15) is 4.79 Å². The van der Waals surface area contributed by atoms with Gasteiger partial charge in [-0.2, -0.15) is 5.10 Å². The fraction of sp³-hybridized carbons (Fsp3) is 0.214. The van der Waals surface area contributed by atoms with Gasteiger partial charge >= 0.3 is 0 Å². The Morgan fingerprint density at radius 1 is 1.33 bits per heavy atom. The lowest BCUT2D eigenvalue weighted by Gasteiger charge is -2.09. The molecule has 0 aliphatic carbocycles. The Morgan fingerprint density at radius 2 is 2.14 bits per heavy atom. The first-order chi connectivity index (χ1) is 10.2. The summed E-state index contributed by atoms with van der Waals surface area (Å²) < 4.78 is 3.15. The molecule has 0 spiro atoms. The van der Waals surface area contributed by atoms with E-state index in [1.165, 1.54) is 0 Å². The molecule has 0 aliphatic rings. The molecular formula is C14H14ClN5O. The summed E-state index contributed by atoms with van der Waals surface area (Å²) in [5.74, 6) is 0. The predicted octanol–water partition coefficient (Wildman–Crippen LogP) is 1.90. The van der Waals surface area contributed by atoms with Gasteiger partial charge < -0.3 is 5.32 Å². The van der Waals surface area contributed by atoms with Crippen LogP contribution in [0, 0.1) is 0 Å². The smallest absolute Gasteiger partial charge is 0.264 e. The number of para-hydroxylation sites is 1. The summed E-state index contributed by atoms with van der Waals surface area (Å²) in [6.45, 7) is 1.08. The molecule has 0 amide bonds. The molecule has 1 aromatic carbocycles. The molecule has 0 atom stereocenters. The maximum absolute atomic E-state index is 12.3. The van der Waals surface area contributed by atoms with Crippen LogP contribution in [0.1, 0.15) is 0 Å². The second-order valence-corrected chi connectivity index (χ2v) is 5.06. The minimum atomic E-state index is -0.0888. The predicted molar refractivity (Wildman–Crippen MR) is 82.7 cm³/mol. The summed E-state index contributed by atoms with van der Waals surface area (Å²) in [7, 11) is 1.76. The third-order valence-electron chi connectivity index (χ3n) is 3.26. The van der Waals surface area contributed by atoms with Crippen LogP contribution in [-0.2, 0) is 13.6 Å². The monoisotopic (exact) mass is 303 g/mol. The molecule has 108 valence electrons. The molecule has 7 heteroatoms. The molecule has 2 aromatic heterocycles. The van der Waals surface area contributed by atoms with Gasteiger partial charge in [0.1, 0.15) is 11.7 Å². The lowest BCUT2D eigenvalue weighted by atomic mass is 10.3. The van der Waals surface area contributed by atoms with Crippen LogP contribution in [0.4, 0.5) is 5.69 Å². The van der Waals surface area contributed by atoms with Gasteiger partial charge in [-0.3, -0.25) is 14.0 Å². The van der Waals surface area contributed by atoms with E-state index in [0.717, 1.165) is 5.69 Å². The Morgan fingerprint density at radius 3 is 2.95 bits per heavy atom. The molecule has 0 fully saturated rings. The molecule has 0 saturated heterocycles. The first kappa shape index (κ1) is 13.6. The van der Waals surface area contributed by atoms with Gasteiger partial charge in [0.2, 0.25) is 0 Å². The summed E-state index contributed by atoms with van der Waals surface area (Å²) in [5, 5.41) is 8.43. The van der Waals surface area contributed by atoms with Gasteiger partial charge in [0.15, 0.2) is 5.65 Å². The number of nitrogens with zero attached hydrogens (tertiary/aromatic N) is 4. The zero-order chi connectivity index (χ0) is 14.8. The highest BCUT2D eigenvalue weighted by molar-refractivity contribution is 6.33. The van der Waals surface area contributed by atoms with Crippen LogP contribution in [0.3, 0.4) is 0 Å². The molecule has 0 unspecified atom stereocenters. The highest BCUT2D eigenvalue weighted by Crippen LogP contribution is 2.19. The van der Waals surface area contributed by atoms with E-state index in [2.05, 4.69) is 15.4 Å². The standard InChI is InChI=1S/C14H14ClN5O/c1-19-13-10(8-18-19)14(21)20(9-17-13)7-6-16-12-5-3-2-4-11(12)15/h2-5,8-9,16H,6-7H2,1H3. The number of halogens is 1. The van der Waals surface area contributed by atoms with E-state index >= 15 is 0 Å². The average molecular weight is 304 g/mol. The number of benzene rings is 1. The molecule has 0 saturated carbocycles. The van der Waals surface area contributed by atoms with Gasteiger partial charge in [-0.1, -0.05) is 23.7 Å². The number of nitrogens with one attached hydrogen (secondary N) is 1. The maximum Gasteiger partial charge on any atom is 0.264 e. The minimum Gasteiger partial charge on any atom is -0.382 e. The lowest BCUT2D eigenvalue weighted by Crippen LogP contribution is -2.24. The van der Waals surface area contributed by atoms with E-state index < -0.39 is 0 Å².